The summed E-state index contributed by atoms with van der Waals surface area (Å²) in [6, 6.07) is 4.42. The van der Waals surface area contributed by atoms with Crippen molar-refractivity contribution in [1.82, 2.24) is 5.32 Å². The van der Waals surface area contributed by atoms with Crippen molar-refractivity contribution in [3.8, 4) is 0 Å². The van der Waals surface area contributed by atoms with Gasteiger partial charge >= 0.3 is 0 Å². The van der Waals surface area contributed by atoms with Gasteiger partial charge in [0, 0.05) is 12.1 Å². The van der Waals surface area contributed by atoms with Crippen LogP contribution in [0.15, 0.2) is 22.7 Å². The molecular weight excluding hydrogens is 285 g/mol. The topological polar surface area (TPSA) is 29.1 Å². The summed E-state index contributed by atoms with van der Waals surface area (Å²) in [5.74, 6) is 0.660. The molecule has 1 fully saturated rings. The Hall–Kier alpha value is -0.900. The highest BCUT2D eigenvalue weighted by molar-refractivity contribution is 9.10. The molecule has 1 aliphatic carbocycles. The minimum absolute atomic E-state index is 0.205. The number of carbonyl (C=O) groups is 1. The molecule has 1 atom stereocenters. The fraction of sp³-hybridized carbons (Fsp3) is 0.462. The van der Waals surface area contributed by atoms with Gasteiger partial charge in [0.05, 0.1) is 4.47 Å². The molecule has 17 heavy (non-hydrogen) atoms. The van der Waals surface area contributed by atoms with E-state index in [1.165, 1.54) is 18.9 Å². The monoisotopic (exact) mass is 299 g/mol. The van der Waals surface area contributed by atoms with Gasteiger partial charge in [0.2, 0.25) is 0 Å². The molecule has 2 nitrogen and oxygen atoms in total. The Bertz CT molecular complexity index is 431. The Morgan fingerprint density at radius 1 is 1.59 bits per heavy atom. The molecule has 2 rings (SSSR count). The molecule has 1 aromatic carbocycles. The van der Waals surface area contributed by atoms with E-state index >= 15 is 0 Å². The van der Waals surface area contributed by atoms with Crippen LogP contribution in [0.3, 0.4) is 0 Å². The third-order valence-electron chi connectivity index (χ3n) is 3.19. The van der Waals surface area contributed by atoms with Gasteiger partial charge in [0.1, 0.15) is 5.82 Å². The van der Waals surface area contributed by atoms with Crippen molar-refractivity contribution in [2.75, 3.05) is 6.54 Å². The SMILES string of the molecule is CC(CNC(=O)c1ccc(Br)c(F)c1)C1CC1. The Morgan fingerprint density at radius 2 is 2.29 bits per heavy atom. The van der Waals surface area contributed by atoms with E-state index in [0.29, 0.717) is 22.5 Å². The molecule has 1 amide bonds. The van der Waals surface area contributed by atoms with E-state index in [1.807, 2.05) is 0 Å². The first-order valence-electron chi connectivity index (χ1n) is 5.81. The second-order valence-electron chi connectivity index (χ2n) is 4.65. The van der Waals surface area contributed by atoms with Gasteiger partial charge in [-0.25, -0.2) is 4.39 Å². The zero-order chi connectivity index (χ0) is 12.4. The molecule has 92 valence electrons. The van der Waals surface area contributed by atoms with Gasteiger partial charge in [-0.1, -0.05) is 6.92 Å². The van der Waals surface area contributed by atoms with E-state index in [0.717, 1.165) is 5.92 Å². The molecule has 0 bridgehead atoms. The maximum Gasteiger partial charge on any atom is 0.251 e. The number of hydrogen-bond acceptors (Lipinski definition) is 1. The van der Waals surface area contributed by atoms with Crippen molar-refractivity contribution in [2.24, 2.45) is 11.8 Å². The van der Waals surface area contributed by atoms with Crippen molar-refractivity contribution in [3.05, 3.63) is 34.1 Å². The molecule has 1 saturated carbocycles. The Labute approximate surface area is 109 Å². The van der Waals surface area contributed by atoms with E-state index < -0.39 is 5.82 Å². The third-order valence-corrected chi connectivity index (χ3v) is 3.84. The lowest BCUT2D eigenvalue weighted by atomic mass is 10.1. The van der Waals surface area contributed by atoms with Gasteiger partial charge in [0.25, 0.3) is 5.91 Å². The van der Waals surface area contributed by atoms with Crippen LogP contribution < -0.4 is 5.32 Å². The second kappa shape index (κ2) is 5.17. The fourth-order valence-corrected chi connectivity index (χ4v) is 2.07. The van der Waals surface area contributed by atoms with Crippen molar-refractivity contribution in [3.63, 3.8) is 0 Å². The van der Waals surface area contributed by atoms with Gasteiger partial charge in [0.15, 0.2) is 0 Å². The van der Waals surface area contributed by atoms with Crippen LogP contribution >= 0.6 is 15.9 Å². The lowest BCUT2D eigenvalue weighted by Crippen LogP contribution is -2.29. The Kier molecular flexibility index (Phi) is 3.82. The summed E-state index contributed by atoms with van der Waals surface area (Å²) in [7, 11) is 0. The molecule has 0 aromatic heterocycles. The average molecular weight is 300 g/mol. The Morgan fingerprint density at radius 3 is 2.88 bits per heavy atom. The number of hydrogen-bond donors (Lipinski definition) is 1. The molecule has 1 unspecified atom stereocenters. The lowest BCUT2D eigenvalue weighted by Gasteiger charge is -2.11. The van der Waals surface area contributed by atoms with Gasteiger partial charge in [-0.2, -0.15) is 0 Å². The zero-order valence-corrected chi connectivity index (χ0v) is 11.3. The summed E-state index contributed by atoms with van der Waals surface area (Å²) >= 11 is 3.06. The predicted octanol–water partition coefficient (Wildman–Crippen LogP) is 3.36. The quantitative estimate of drug-likeness (QED) is 0.907. The molecule has 1 aliphatic rings. The third kappa shape index (κ3) is 3.28. The highest BCUT2D eigenvalue weighted by atomic mass is 79.9. The minimum atomic E-state index is -0.409. The van der Waals surface area contributed by atoms with Crippen LogP contribution in [0.25, 0.3) is 0 Å². The first-order chi connectivity index (χ1) is 8.08. The second-order valence-corrected chi connectivity index (χ2v) is 5.51. The summed E-state index contributed by atoms with van der Waals surface area (Å²) in [6.07, 6.45) is 2.54. The normalized spacial score (nSPS) is 16.6. The number of rotatable bonds is 4. The first-order valence-corrected chi connectivity index (χ1v) is 6.60. The summed E-state index contributed by atoms with van der Waals surface area (Å²) in [4.78, 5) is 11.8. The largest absolute Gasteiger partial charge is 0.352 e. The van der Waals surface area contributed by atoms with E-state index in [-0.39, 0.29) is 5.91 Å². The summed E-state index contributed by atoms with van der Waals surface area (Å²) < 4.78 is 13.6. The predicted molar refractivity (Wildman–Crippen MR) is 68.3 cm³/mol. The van der Waals surface area contributed by atoms with Crippen LogP contribution in [0.4, 0.5) is 4.39 Å². The average Bonchev–Trinajstić information content (AvgIpc) is 3.13. The van der Waals surface area contributed by atoms with E-state index in [2.05, 4.69) is 28.2 Å². The Balaban J connectivity index is 1.92. The van der Waals surface area contributed by atoms with Gasteiger partial charge in [-0.05, 0) is 58.8 Å². The van der Waals surface area contributed by atoms with Crippen molar-refractivity contribution in [1.29, 1.82) is 0 Å². The van der Waals surface area contributed by atoms with Crippen LogP contribution in [-0.2, 0) is 0 Å². The number of carbonyl (C=O) groups excluding carboxylic acids is 1. The van der Waals surface area contributed by atoms with Crippen LogP contribution in [0.1, 0.15) is 30.1 Å². The van der Waals surface area contributed by atoms with E-state index in [9.17, 15) is 9.18 Å². The number of benzene rings is 1. The maximum absolute atomic E-state index is 13.2. The molecule has 0 spiro atoms. The molecule has 0 heterocycles. The van der Waals surface area contributed by atoms with Crippen LogP contribution in [0.5, 0.6) is 0 Å². The van der Waals surface area contributed by atoms with Crippen LogP contribution in [0.2, 0.25) is 0 Å². The van der Waals surface area contributed by atoms with Gasteiger partial charge in [-0.3, -0.25) is 4.79 Å². The zero-order valence-electron chi connectivity index (χ0n) is 9.67. The van der Waals surface area contributed by atoms with Crippen molar-refractivity contribution >= 4 is 21.8 Å². The molecule has 0 radical (unpaired) electrons. The molecular formula is C13H15BrFNO. The van der Waals surface area contributed by atoms with E-state index in [4.69, 9.17) is 0 Å². The van der Waals surface area contributed by atoms with Crippen molar-refractivity contribution in [2.45, 2.75) is 19.8 Å². The maximum atomic E-state index is 13.2. The van der Waals surface area contributed by atoms with Gasteiger partial charge < -0.3 is 5.32 Å². The molecule has 0 aliphatic heterocycles. The fourth-order valence-electron chi connectivity index (χ4n) is 1.83. The van der Waals surface area contributed by atoms with Crippen molar-refractivity contribution < 1.29 is 9.18 Å². The minimum Gasteiger partial charge on any atom is -0.352 e. The molecule has 4 heteroatoms. The lowest BCUT2D eigenvalue weighted by molar-refractivity contribution is 0.0946. The summed E-state index contributed by atoms with van der Waals surface area (Å²) in [5.41, 5.74) is 0.369. The smallest absolute Gasteiger partial charge is 0.251 e. The molecule has 1 aromatic rings. The van der Waals surface area contributed by atoms with E-state index in [1.54, 1.807) is 12.1 Å². The highest BCUT2D eigenvalue weighted by Gasteiger charge is 2.27. The summed E-state index contributed by atoms with van der Waals surface area (Å²) in [5, 5.41) is 2.85. The molecule has 0 saturated heterocycles. The number of halogens is 2. The molecule has 1 N–H and O–H groups in total. The van der Waals surface area contributed by atoms with Gasteiger partial charge in [-0.15, -0.1) is 0 Å². The first kappa shape index (κ1) is 12.6. The van der Waals surface area contributed by atoms with Crippen LogP contribution in [0, 0.1) is 17.7 Å². The summed E-state index contributed by atoms with van der Waals surface area (Å²) in [6.45, 7) is 2.81. The standard InChI is InChI=1S/C13H15BrFNO/c1-8(9-2-3-9)7-16-13(17)10-4-5-11(14)12(15)6-10/h4-6,8-9H,2-3,7H2,1H3,(H,16,17). The number of amides is 1. The highest BCUT2D eigenvalue weighted by Crippen LogP contribution is 2.36. The number of nitrogens with one attached hydrogen (secondary N) is 1. The van der Waals surface area contributed by atoms with Crippen LogP contribution in [-0.4, -0.2) is 12.5 Å².